The van der Waals surface area contributed by atoms with Gasteiger partial charge in [-0.25, -0.2) is 0 Å². The van der Waals surface area contributed by atoms with Crippen molar-refractivity contribution in [2.24, 2.45) is 0 Å². The zero-order valence-electron chi connectivity index (χ0n) is 12.8. The maximum Gasteiger partial charge on any atom is 0.322 e. The number of hydrogen-bond acceptors (Lipinski definition) is 7. The number of anilines is 2. The lowest BCUT2D eigenvalue weighted by Gasteiger charge is -2.24. The predicted octanol–water partition coefficient (Wildman–Crippen LogP) is 2.44. The molecule has 1 N–H and O–H groups in total. The van der Waals surface area contributed by atoms with E-state index in [9.17, 15) is 0 Å². The first kappa shape index (κ1) is 15.5. The molecule has 0 amide bonds. The van der Waals surface area contributed by atoms with E-state index >= 15 is 0 Å². The van der Waals surface area contributed by atoms with E-state index in [-0.39, 0.29) is 6.04 Å². The standard InChI is InChI=1S/C14H21N5OS/c1-5-15-12-16-13(18-14(17-12)20-4)19(3)10(2)9-11-7-6-8-21-11/h6-8,10H,5,9H2,1-4H3,(H,15,16,17,18). The van der Waals surface area contributed by atoms with Gasteiger partial charge in [0.1, 0.15) is 0 Å². The lowest BCUT2D eigenvalue weighted by molar-refractivity contribution is 0.378. The number of thiophene rings is 1. The number of aromatic nitrogens is 3. The largest absolute Gasteiger partial charge is 0.467 e. The van der Waals surface area contributed by atoms with Gasteiger partial charge in [0.05, 0.1) is 7.11 Å². The third kappa shape index (κ3) is 4.04. The van der Waals surface area contributed by atoms with Gasteiger partial charge in [-0.15, -0.1) is 11.3 Å². The fourth-order valence-electron chi connectivity index (χ4n) is 1.89. The number of nitrogens with zero attached hydrogens (tertiary/aromatic N) is 4. The molecule has 0 saturated heterocycles. The molecule has 0 aliphatic carbocycles. The summed E-state index contributed by atoms with van der Waals surface area (Å²) in [5, 5.41) is 5.19. The van der Waals surface area contributed by atoms with Crippen molar-refractivity contribution in [2.45, 2.75) is 26.3 Å². The third-order valence-corrected chi connectivity index (χ3v) is 4.07. The summed E-state index contributed by atoms with van der Waals surface area (Å²) in [7, 11) is 3.55. The fraction of sp³-hybridized carbons (Fsp3) is 0.500. The van der Waals surface area contributed by atoms with Gasteiger partial charge in [-0.3, -0.25) is 0 Å². The van der Waals surface area contributed by atoms with Crippen LogP contribution in [0.1, 0.15) is 18.7 Å². The van der Waals surface area contributed by atoms with E-state index in [0.29, 0.717) is 17.9 Å². The molecule has 2 aromatic heterocycles. The molecule has 2 rings (SSSR count). The van der Waals surface area contributed by atoms with E-state index < -0.39 is 0 Å². The van der Waals surface area contributed by atoms with E-state index in [1.807, 2.05) is 18.9 Å². The van der Waals surface area contributed by atoms with Crippen LogP contribution in [-0.2, 0) is 6.42 Å². The van der Waals surface area contributed by atoms with Crippen LogP contribution in [0.5, 0.6) is 6.01 Å². The van der Waals surface area contributed by atoms with E-state index in [1.54, 1.807) is 18.4 Å². The van der Waals surface area contributed by atoms with Gasteiger partial charge in [0.25, 0.3) is 0 Å². The summed E-state index contributed by atoms with van der Waals surface area (Å²) in [6, 6.07) is 4.83. The van der Waals surface area contributed by atoms with E-state index in [1.165, 1.54) is 4.88 Å². The highest BCUT2D eigenvalue weighted by Gasteiger charge is 2.16. The first-order chi connectivity index (χ1) is 10.1. The van der Waals surface area contributed by atoms with Crippen molar-refractivity contribution < 1.29 is 4.74 Å². The van der Waals surface area contributed by atoms with Crippen molar-refractivity contribution in [2.75, 3.05) is 30.9 Å². The molecular weight excluding hydrogens is 286 g/mol. The van der Waals surface area contributed by atoms with E-state index in [4.69, 9.17) is 4.74 Å². The Bertz CT molecular complexity index is 560. The molecule has 2 aromatic rings. The summed E-state index contributed by atoms with van der Waals surface area (Å²) < 4.78 is 5.15. The number of likely N-dealkylation sites (N-methyl/N-ethyl adjacent to an activating group) is 1. The average Bonchev–Trinajstić information content (AvgIpc) is 2.99. The minimum atomic E-state index is 0.283. The summed E-state index contributed by atoms with van der Waals surface area (Å²) >= 11 is 1.77. The van der Waals surface area contributed by atoms with Crippen LogP contribution >= 0.6 is 11.3 Å². The molecule has 0 aliphatic rings. The molecule has 0 radical (unpaired) electrons. The summed E-state index contributed by atoms with van der Waals surface area (Å²) in [6.07, 6.45) is 0.957. The quantitative estimate of drug-likeness (QED) is 0.847. The van der Waals surface area contributed by atoms with Crippen LogP contribution in [0.2, 0.25) is 0 Å². The fourth-order valence-corrected chi connectivity index (χ4v) is 2.71. The Morgan fingerprint density at radius 2 is 2.19 bits per heavy atom. The van der Waals surface area contributed by atoms with Gasteiger partial charge in [-0.2, -0.15) is 15.0 Å². The van der Waals surface area contributed by atoms with Gasteiger partial charge in [0.15, 0.2) is 0 Å². The Labute approximate surface area is 129 Å². The highest BCUT2D eigenvalue weighted by molar-refractivity contribution is 7.09. The number of nitrogens with one attached hydrogen (secondary N) is 1. The van der Waals surface area contributed by atoms with Gasteiger partial charge in [0, 0.05) is 30.9 Å². The van der Waals surface area contributed by atoms with Crippen LogP contribution in [0.25, 0.3) is 0 Å². The second-order valence-corrected chi connectivity index (χ2v) is 5.75. The molecule has 114 valence electrons. The monoisotopic (exact) mass is 307 g/mol. The molecule has 0 aromatic carbocycles. The normalized spacial score (nSPS) is 12.0. The molecular formula is C14H21N5OS. The molecule has 2 heterocycles. The SMILES string of the molecule is CCNc1nc(OC)nc(N(C)C(C)Cc2cccs2)n1. The van der Waals surface area contributed by atoms with Crippen molar-refractivity contribution in [1.29, 1.82) is 0 Å². The first-order valence-corrected chi connectivity index (χ1v) is 7.81. The second kappa shape index (κ2) is 7.21. The van der Waals surface area contributed by atoms with Crippen LogP contribution < -0.4 is 15.0 Å². The maximum atomic E-state index is 5.15. The van der Waals surface area contributed by atoms with Crippen molar-refractivity contribution >= 4 is 23.2 Å². The molecule has 0 aliphatic heterocycles. The molecule has 1 atom stereocenters. The van der Waals surface area contributed by atoms with Gasteiger partial charge < -0.3 is 15.0 Å². The Kier molecular flexibility index (Phi) is 5.32. The van der Waals surface area contributed by atoms with Crippen LogP contribution in [0.4, 0.5) is 11.9 Å². The average molecular weight is 307 g/mol. The minimum absolute atomic E-state index is 0.283. The van der Waals surface area contributed by atoms with Crippen LogP contribution in [0, 0.1) is 0 Å². The molecule has 0 spiro atoms. The Morgan fingerprint density at radius 1 is 1.38 bits per heavy atom. The van der Waals surface area contributed by atoms with Crippen LogP contribution in [0.15, 0.2) is 17.5 Å². The third-order valence-electron chi connectivity index (χ3n) is 3.17. The molecule has 7 heteroatoms. The highest BCUT2D eigenvalue weighted by Crippen LogP contribution is 2.19. The molecule has 0 bridgehead atoms. The molecule has 21 heavy (non-hydrogen) atoms. The van der Waals surface area contributed by atoms with Crippen molar-refractivity contribution in [1.82, 2.24) is 15.0 Å². The zero-order valence-corrected chi connectivity index (χ0v) is 13.6. The Morgan fingerprint density at radius 3 is 2.81 bits per heavy atom. The smallest absolute Gasteiger partial charge is 0.322 e. The first-order valence-electron chi connectivity index (χ1n) is 6.93. The zero-order chi connectivity index (χ0) is 15.2. The number of methoxy groups -OCH3 is 1. The summed E-state index contributed by atoms with van der Waals surface area (Å²) in [6.45, 7) is 4.91. The second-order valence-electron chi connectivity index (χ2n) is 4.72. The molecule has 6 nitrogen and oxygen atoms in total. The number of rotatable bonds is 7. The summed E-state index contributed by atoms with van der Waals surface area (Å²) in [4.78, 5) is 16.3. The lowest BCUT2D eigenvalue weighted by Crippen LogP contribution is -2.32. The molecule has 0 saturated carbocycles. The van der Waals surface area contributed by atoms with E-state index in [2.05, 4.69) is 44.7 Å². The summed E-state index contributed by atoms with van der Waals surface area (Å²) in [5.41, 5.74) is 0. The lowest BCUT2D eigenvalue weighted by atomic mass is 10.2. The Balaban J connectivity index is 2.16. The van der Waals surface area contributed by atoms with Gasteiger partial charge in [-0.05, 0) is 25.3 Å². The number of hydrogen-bond donors (Lipinski definition) is 1. The molecule has 1 unspecified atom stereocenters. The van der Waals surface area contributed by atoms with Crippen molar-refractivity contribution in [3.63, 3.8) is 0 Å². The van der Waals surface area contributed by atoms with Gasteiger partial charge in [-0.1, -0.05) is 6.07 Å². The highest BCUT2D eigenvalue weighted by atomic mass is 32.1. The predicted molar refractivity (Wildman–Crippen MR) is 86.4 cm³/mol. The number of ether oxygens (including phenoxy) is 1. The molecule has 0 fully saturated rings. The van der Waals surface area contributed by atoms with Gasteiger partial charge >= 0.3 is 6.01 Å². The van der Waals surface area contributed by atoms with Crippen molar-refractivity contribution in [3.05, 3.63) is 22.4 Å². The maximum absolute atomic E-state index is 5.15. The van der Waals surface area contributed by atoms with Crippen molar-refractivity contribution in [3.8, 4) is 6.01 Å². The van der Waals surface area contributed by atoms with Gasteiger partial charge in [0.2, 0.25) is 11.9 Å². The van der Waals surface area contributed by atoms with Crippen LogP contribution in [-0.4, -0.2) is 41.7 Å². The minimum Gasteiger partial charge on any atom is -0.467 e. The Hall–Kier alpha value is -1.89. The van der Waals surface area contributed by atoms with Crippen LogP contribution in [0.3, 0.4) is 0 Å². The topological polar surface area (TPSA) is 63.2 Å². The van der Waals surface area contributed by atoms with E-state index in [0.717, 1.165) is 13.0 Å². The summed E-state index contributed by atoms with van der Waals surface area (Å²) in [5.74, 6) is 1.15.